The van der Waals surface area contributed by atoms with Crippen LogP contribution in [0.25, 0.3) is 11.4 Å². The molecule has 2 aromatic rings. The summed E-state index contributed by atoms with van der Waals surface area (Å²) >= 11 is 11.1. The molecule has 1 N–H and O–H groups in total. The molecule has 76 valence electrons. The molecule has 2 rings (SSSR count). The summed E-state index contributed by atoms with van der Waals surface area (Å²) in [7, 11) is 0. The quantitative estimate of drug-likeness (QED) is 0.764. The Labute approximate surface area is 98.0 Å². The summed E-state index contributed by atoms with van der Waals surface area (Å²) < 4.78 is 0.571. The highest BCUT2D eigenvalue weighted by Crippen LogP contribution is 2.24. The predicted molar refractivity (Wildman–Crippen MR) is 64.6 cm³/mol. The molecule has 0 radical (unpaired) electrons. The molecule has 1 aromatic heterocycles. The fraction of sp³-hybridized carbons (Fsp3) is 0.0909. The third-order valence-electron chi connectivity index (χ3n) is 2.01. The summed E-state index contributed by atoms with van der Waals surface area (Å²) in [6.45, 7) is 1.94. The van der Waals surface area contributed by atoms with Crippen molar-refractivity contribution < 1.29 is 0 Å². The molecule has 1 aromatic carbocycles. The van der Waals surface area contributed by atoms with Crippen LogP contribution in [0, 0.1) is 11.6 Å². The van der Waals surface area contributed by atoms with E-state index in [1.54, 1.807) is 0 Å². The maximum atomic E-state index is 6.07. The van der Waals surface area contributed by atoms with Crippen LogP contribution in [-0.2, 0) is 0 Å². The summed E-state index contributed by atoms with van der Waals surface area (Å²) in [5.41, 5.74) is 1.85. The fourth-order valence-electron chi connectivity index (χ4n) is 1.36. The summed E-state index contributed by atoms with van der Waals surface area (Å²) in [4.78, 5) is 7.38. The van der Waals surface area contributed by atoms with E-state index in [0.717, 1.165) is 11.3 Å². The Morgan fingerprint density at radius 1 is 1.33 bits per heavy atom. The van der Waals surface area contributed by atoms with Crippen molar-refractivity contribution >= 4 is 23.8 Å². The number of benzene rings is 1. The van der Waals surface area contributed by atoms with Gasteiger partial charge in [0.2, 0.25) is 0 Å². The van der Waals surface area contributed by atoms with Crippen LogP contribution in [0.1, 0.15) is 5.69 Å². The van der Waals surface area contributed by atoms with Gasteiger partial charge >= 0.3 is 0 Å². The van der Waals surface area contributed by atoms with Crippen molar-refractivity contribution in [2.24, 2.45) is 0 Å². The van der Waals surface area contributed by atoms with E-state index < -0.39 is 0 Å². The van der Waals surface area contributed by atoms with Gasteiger partial charge in [-0.3, -0.25) is 0 Å². The van der Waals surface area contributed by atoms with Crippen molar-refractivity contribution in [2.45, 2.75) is 6.92 Å². The standard InChI is InChI=1S/C11H9ClN2S/c1-7-6-10(15)14-11(13-7)8-4-2-3-5-9(8)12/h2-6H,1H3,(H,13,14,15). The van der Waals surface area contributed by atoms with Gasteiger partial charge in [0, 0.05) is 11.3 Å². The van der Waals surface area contributed by atoms with Gasteiger partial charge in [0.25, 0.3) is 0 Å². The van der Waals surface area contributed by atoms with E-state index in [1.165, 1.54) is 0 Å². The number of hydrogen-bond donors (Lipinski definition) is 1. The van der Waals surface area contributed by atoms with Crippen LogP contribution < -0.4 is 0 Å². The van der Waals surface area contributed by atoms with Gasteiger partial charge in [0.15, 0.2) is 0 Å². The van der Waals surface area contributed by atoms with E-state index in [0.29, 0.717) is 15.5 Å². The number of aromatic nitrogens is 2. The van der Waals surface area contributed by atoms with E-state index in [-0.39, 0.29) is 0 Å². The molecule has 15 heavy (non-hydrogen) atoms. The number of halogens is 1. The molecule has 0 atom stereocenters. The zero-order valence-corrected chi connectivity index (χ0v) is 9.69. The molecule has 0 saturated heterocycles. The topological polar surface area (TPSA) is 28.7 Å². The van der Waals surface area contributed by atoms with E-state index in [9.17, 15) is 0 Å². The average molecular weight is 237 g/mol. The zero-order valence-electron chi connectivity index (χ0n) is 8.12. The molecule has 0 aliphatic rings. The number of nitrogens with zero attached hydrogens (tertiary/aromatic N) is 1. The number of aromatic amines is 1. The van der Waals surface area contributed by atoms with Gasteiger partial charge in [-0.1, -0.05) is 36.0 Å². The lowest BCUT2D eigenvalue weighted by Gasteiger charge is -2.04. The Balaban J connectivity index is 2.64. The van der Waals surface area contributed by atoms with Crippen LogP contribution in [0.5, 0.6) is 0 Å². The first-order valence-corrected chi connectivity index (χ1v) is 5.28. The lowest BCUT2D eigenvalue weighted by atomic mass is 10.2. The molecular weight excluding hydrogens is 228 g/mol. The summed E-state index contributed by atoms with van der Waals surface area (Å²) in [5.74, 6) is 0.714. The van der Waals surface area contributed by atoms with Crippen LogP contribution in [0.4, 0.5) is 0 Å². The van der Waals surface area contributed by atoms with Gasteiger partial charge in [-0.25, -0.2) is 4.98 Å². The second kappa shape index (κ2) is 4.13. The average Bonchev–Trinajstić information content (AvgIpc) is 2.16. The Morgan fingerprint density at radius 3 is 2.73 bits per heavy atom. The number of hydrogen-bond acceptors (Lipinski definition) is 2. The van der Waals surface area contributed by atoms with Gasteiger partial charge in [0.05, 0.1) is 5.02 Å². The van der Waals surface area contributed by atoms with Gasteiger partial charge in [-0.2, -0.15) is 0 Å². The fourth-order valence-corrected chi connectivity index (χ4v) is 1.85. The van der Waals surface area contributed by atoms with Gasteiger partial charge in [0.1, 0.15) is 10.5 Å². The molecule has 0 aliphatic carbocycles. The van der Waals surface area contributed by atoms with Crippen LogP contribution in [-0.4, -0.2) is 9.97 Å². The largest absolute Gasteiger partial charge is 0.343 e. The van der Waals surface area contributed by atoms with E-state index in [2.05, 4.69) is 9.97 Å². The third-order valence-corrected chi connectivity index (χ3v) is 2.55. The Hall–Kier alpha value is -1.19. The maximum Gasteiger partial charge on any atom is 0.140 e. The zero-order chi connectivity index (χ0) is 10.8. The van der Waals surface area contributed by atoms with Gasteiger partial charge < -0.3 is 4.98 Å². The van der Waals surface area contributed by atoms with Crippen molar-refractivity contribution in [1.82, 2.24) is 9.97 Å². The van der Waals surface area contributed by atoms with Crippen molar-refractivity contribution in [2.75, 3.05) is 0 Å². The first-order chi connectivity index (χ1) is 7.16. The second-order valence-electron chi connectivity index (χ2n) is 3.23. The molecule has 0 amide bonds. The van der Waals surface area contributed by atoms with Crippen molar-refractivity contribution in [3.05, 3.63) is 45.7 Å². The highest BCUT2D eigenvalue weighted by atomic mass is 35.5. The molecule has 2 nitrogen and oxygen atoms in total. The summed E-state index contributed by atoms with van der Waals surface area (Å²) in [6.07, 6.45) is 0. The minimum absolute atomic E-state index is 0.571. The Bertz CT molecular complexity index is 548. The van der Waals surface area contributed by atoms with Crippen LogP contribution in [0.2, 0.25) is 5.02 Å². The van der Waals surface area contributed by atoms with Crippen LogP contribution >= 0.6 is 23.8 Å². The monoisotopic (exact) mass is 236 g/mol. The number of rotatable bonds is 1. The Kier molecular flexibility index (Phi) is 2.84. The molecule has 0 spiro atoms. The second-order valence-corrected chi connectivity index (χ2v) is 4.06. The number of aryl methyl sites for hydroxylation is 1. The molecule has 0 bridgehead atoms. The van der Waals surface area contributed by atoms with Gasteiger partial charge in [-0.05, 0) is 25.1 Å². The first-order valence-electron chi connectivity index (χ1n) is 4.50. The molecule has 4 heteroatoms. The van der Waals surface area contributed by atoms with E-state index in [1.807, 2.05) is 37.3 Å². The lowest BCUT2D eigenvalue weighted by Crippen LogP contribution is -1.92. The molecular formula is C11H9ClN2S. The van der Waals surface area contributed by atoms with E-state index in [4.69, 9.17) is 23.8 Å². The third kappa shape index (κ3) is 2.25. The first kappa shape index (κ1) is 10.3. The van der Waals surface area contributed by atoms with Crippen LogP contribution in [0.3, 0.4) is 0 Å². The molecule has 1 heterocycles. The predicted octanol–water partition coefficient (Wildman–Crippen LogP) is 3.77. The van der Waals surface area contributed by atoms with Crippen LogP contribution in [0.15, 0.2) is 30.3 Å². The Morgan fingerprint density at radius 2 is 2.07 bits per heavy atom. The van der Waals surface area contributed by atoms with Crippen molar-refractivity contribution in [3.63, 3.8) is 0 Å². The summed E-state index contributed by atoms with van der Waals surface area (Å²) in [5, 5.41) is 0.668. The van der Waals surface area contributed by atoms with Crippen molar-refractivity contribution in [3.8, 4) is 11.4 Å². The van der Waals surface area contributed by atoms with Crippen molar-refractivity contribution in [1.29, 1.82) is 0 Å². The minimum atomic E-state index is 0.571. The molecule has 0 aliphatic heterocycles. The maximum absolute atomic E-state index is 6.07. The minimum Gasteiger partial charge on any atom is -0.343 e. The lowest BCUT2D eigenvalue weighted by molar-refractivity contribution is 1.10. The number of H-pyrrole nitrogens is 1. The normalized spacial score (nSPS) is 10.3. The highest BCUT2D eigenvalue weighted by Gasteiger charge is 2.04. The molecule has 0 fully saturated rings. The summed E-state index contributed by atoms with van der Waals surface area (Å²) in [6, 6.07) is 9.36. The van der Waals surface area contributed by atoms with Gasteiger partial charge in [-0.15, -0.1) is 0 Å². The smallest absolute Gasteiger partial charge is 0.140 e. The molecule has 0 saturated carbocycles. The van der Waals surface area contributed by atoms with E-state index >= 15 is 0 Å². The number of nitrogens with one attached hydrogen (secondary N) is 1. The SMILES string of the molecule is Cc1cc(=S)nc(-c2ccccc2Cl)[nH]1. The molecule has 0 unspecified atom stereocenters. The highest BCUT2D eigenvalue weighted by molar-refractivity contribution is 7.71.